The summed E-state index contributed by atoms with van der Waals surface area (Å²) in [4.78, 5) is 11.9. The Hall–Kier alpha value is -1.83. The lowest BCUT2D eigenvalue weighted by molar-refractivity contribution is 0.0735. The number of carbonyl (C=O) groups is 1. The number of rotatable bonds is 2. The van der Waals surface area contributed by atoms with E-state index in [2.05, 4.69) is 15.9 Å². The van der Waals surface area contributed by atoms with Gasteiger partial charge in [-0.15, -0.1) is 0 Å². The fourth-order valence-corrected chi connectivity index (χ4v) is 1.88. The second-order valence-electron chi connectivity index (χ2n) is 3.65. The monoisotopic (exact) mass is 335 g/mol. The maximum atomic E-state index is 11.9. The molecule has 0 atom stereocenters. The van der Waals surface area contributed by atoms with Gasteiger partial charge in [-0.2, -0.15) is 5.26 Å². The highest BCUT2D eigenvalue weighted by Gasteiger charge is 2.11. The van der Waals surface area contributed by atoms with E-state index in [4.69, 9.17) is 21.6 Å². The smallest absolute Gasteiger partial charge is 0.343 e. The van der Waals surface area contributed by atoms with Crippen molar-refractivity contribution in [2.24, 2.45) is 0 Å². The van der Waals surface area contributed by atoms with E-state index in [0.717, 1.165) is 4.47 Å². The number of hydrogen-bond acceptors (Lipinski definition) is 3. The molecule has 5 heteroatoms. The van der Waals surface area contributed by atoms with Gasteiger partial charge in [-0.1, -0.05) is 27.5 Å². The first-order valence-corrected chi connectivity index (χ1v) is 6.44. The molecule has 19 heavy (non-hydrogen) atoms. The third-order valence-corrected chi connectivity index (χ3v) is 3.17. The molecule has 0 N–H and O–H groups in total. The summed E-state index contributed by atoms with van der Waals surface area (Å²) >= 11 is 9.21. The van der Waals surface area contributed by atoms with Crippen LogP contribution >= 0.6 is 27.5 Å². The fraction of sp³-hybridized carbons (Fsp3) is 0. The van der Waals surface area contributed by atoms with Gasteiger partial charge in [0.15, 0.2) is 0 Å². The van der Waals surface area contributed by atoms with Crippen molar-refractivity contribution in [3.05, 3.63) is 63.1 Å². The van der Waals surface area contributed by atoms with Crippen LogP contribution in [0.2, 0.25) is 5.02 Å². The lowest BCUT2D eigenvalue weighted by Crippen LogP contribution is -2.08. The number of esters is 1. The Morgan fingerprint density at radius 3 is 2.47 bits per heavy atom. The first-order valence-electron chi connectivity index (χ1n) is 5.27. The Kier molecular flexibility index (Phi) is 4.20. The van der Waals surface area contributed by atoms with Crippen molar-refractivity contribution in [2.45, 2.75) is 0 Å². The fourth-order valence-electron chi connectivity index (χ4n) is 1.40. The summed E-state index contributed by atoms with van der Waals surface area (Å²) in [5.74, 6) is -0.271. The number of nitriles is 1. The molecule has 0 saturated carbocycles. The average molecular weight is 337 g/mol. The summed E-state index contributed by atoms with van der Waals surface area (Å²) in [7, 11) is 0. The lowest BCUT2D eigenvalue weighted by atomic mass is 10.2. The molecule has 0 heterocycles. The quantitative estimate of drug-likeness (QED) is 0.610. The van der Waals surface area contributed by atoms with Crippen LogP contribution in [0.4, 0.5) is 0 Å². The van der Waals surface area contributed by atoms with E-state index in [9.17, 15) is 4.79 Å². The van der Waals surface area contributed by atoms with Gasteiger partial charge in [-0.05, 0) is 42.5 Å². The van der Waals surface area contributed by atoms with Crippen LogP contribution in [-0.4, -0.2) is 5.97 Å². The van der Waals surface area contributed by atoms with Gasteiger partial charge in [0.25, 0.3) is 0 Å². The number of benzene rings is 2. The molecule has 0 aliphatic rings. The molecule has 94 valence electrons. The van der Waals surface area contributed by atoms with E-state index < -0.39 is 5.97 Å². The van der Waals surface area contributed by atoms with Gasteiger partial charge in [0.1, 0.15) is 5.75 Å². The summed E-state index contributed by atoms with van der Waals surface area (Å²) in [6.07, 6.45) is 0. The average Bonchev–Trinajstić information content (AvgIpc) is 2.41. The van der Waals surface area contributed by atoms with Gasteiger partial charge in [0.05, 0.1) is 22.2 Å². The summed E-state index contributed by atoms with van der Waals surface area (Å²) in [5.41, 5.74) is 0.831. The van der Waals surface area contributed by atoms with Gasteiger partial charge >= 0.3 is 5.97 Å². The van der Waals surface area contributed by atoms with Crippen LogP contribution in [0.5, 0.6) is 5.75 Å². The predicted molar refractivity (Wildman–Crippen MR) is 75.3 cm³/mol. The lowest BCUT2D eigenvalue weighted by Gasteiger charge is -2.06. The zero-order valence-electron chi connectivity index (χ0n) is 9.56. The summed E-state index contributed by atoms with van der Waals surface area (Å²) < 4.78 is 6.05. The van der Waals surface area contributed by atoms with Crippen LogP contribution in [0.1, 0.15) is 15.9 Å². The van der Waals surface area contributed by atoms with Gasteiger partial charge in [0, 0.05) is 4.47 Å². The zero-order chi connectivity index (χ0) is 13.8. The number of nitrogens with zero attached hydrogens (tertiary/aromatic N) is 1. The third-order valence-electron chi connectivity index (χ3n) is 2.34. The minimum atomic E-state index is -0.501. The molecular formula is C14H7BrClNO2. The standard InChI is InChI=1S/C14H7BrClNO2/c15-11-4-2-10(3-5-11)14(18)19-13-6-1-9(8-17)7-12(13)16/h1-7H. The molecule has 0 radical (unpaired) electrons. The molecule has 0 spiro atoms. The SMILES string of the molecule is N#Cc1ccc(OC(=O)c2ccc(Br)cc2)c(Cl)c1. The minimum absolute atomic E-state index is 0.226. The minimum Gasteiger partial charge on any atom is -0.421 e. The Balaban J connectivity index is 2.20. The maximum Gasteiger partial charge on any atom is 0.343 e. The normalized spacial score (nSPS) is 9.74. The molecule has 2 rings (SSSR count). The van der Waals surface area contributed by atoms with Crippen LogP contribution in [0, 0.1) is 11.3 Å². The molecule has 0 aromatic heterocycles. The highest BCUT2D eigenvalue weighted by molar-refractivity contribution is 9.10. The summed E-state index contributed by atoms with van der Waals surface area (Å²) in [5, 5.41) is 8.94. The van der Waals surface area contributed by atoms with Crippen LogP contribution < -0.4 is 4.74 Å². The van der Waals surface area contributed by atoms with Crippen molar-refractivity contribution in [3.63, 3.8) is 0 Å². The van der Waals surface area contributed by atoms with E-state index in [-0.39, 0.29) is 10.8 Å². The highest BCUT2D eigenvalue weighted by atomic mass is 79.9. The Morgan fingerprint density at radius 2 is 1.89 bits per heavy atom. The first-order chi connectivity index (χ1) is 9.10. The van der Waals surface area contributed by atoms with Crippen molar-refractivity contribution in [1.82, 2.24) is 0 Å². The molecule has 0 saturated heterocycles. The highest BCUT2D eigenvalue weighted by Crippen LogP contribution is 2.26. The molecule has 2 aromatic rings. The van der Waals surface area contributed by atoms with Gasteiger partial charge in [-0.25, -0.2) is 4.79 Å². The van der Waals surface area contributed by atoms with E-state index in [1.54, 1.807) is 24.3 Å². The van der Waals surface area contributed by atoms with Crippen molar-refractivity contribution < 1.29 is 9.53 Å². The molecule has 0 amide bonds. The Morgan fingerprint density at radius 1 is 1.21 bits per heavy atom. The first kappa shape index (κ1) is 13.6. The summed E-state index contributed by atoms with van der Waals surface area (Å²) in [6.45, 7) is 0. The van der Waals surface area contributed by atoms with E-state index >= 15 is 0 Å². The van der Waals surface area contributed by atoms with Crippen molar-refractivity contribution in [2.75, 3.05) is 0 Å². The predicted octanol–water partition coefficient (Wildman–Crippen LogP) is 4.19. The van der Waals surface area contributed by atoms with Gasteiger partial charge < -0.3 is 4.74 Å². The molecule has 0 aliphatic carbocycles. The van der Waals surface area contributed by atoms with Crippen LogP contribution in [0.3, 0.4) is 0 Å². The molecule has 0 fully saturated rings. The molecule has 0 unspecified atom stereocenters. The van der Waals surface area contributed by atoms with Crippen LogP contribution in [0.25, 0.3) is 0 Å². The Bertz CT molecular complexity index is 662. The molecular weight excluding hydrogens is 330 g/mol. The maximum absolute atomic E-state index is 11.9. The van der Waals surface area contributed by atoms with Gasteiger partial charge in [-0.3, -0.25) is 0 Å². The van der Waals surface area contributed by atoms with Crippen LogP contribution in [-0.2, 0) is 0 Å². The zero-order valence-corrected chi connectivity index (χ0v) is 11.9. The number of ether oxygens (including phenoxy) is 1. The molecule has 3 nitrogen and oxygen atoms in total. The molecule has 2 aromatic carbocycles. The van der Waals surface area contributed by atoms with Gasteiger partial charge in [0.2, 0.25) is 0 Å². The largest absolute Gasteiger partial charge is 0.421 e. The number of hydrogen-bond donors (Lipinski definition) is 0. The van der Waals surface area contributed by atoms with Crippen molar-refractivity contribution in [3.8, 4) is 11.8 Å². The summed E-state index contributed by atoms with van der Waals surface area (Å²) in [6, 6.07) is 13.2. The second kappa shape index (κ2) is 5.87. The second-order valence-corrected chi connectivity index (χ2v) is 4.98. The molecule has 0 bridgehead atoms. The van der Waals surface area contributed by atoms with Crippen molar-refractivity contribution >= 4 is 33.5 Å². The van der Waals surface area contributed by atoms with E-state index in [0.29, 0.717) is 11.1 Å². The topological polar surface area (TPSA) is 50.1 Å². The van der Waals surface area contributed by atoms with E-state index in [1.165, 1.54) is 18.2 Å². The number of carbonyl (C=O) groups excluding carboxylic acids is 1. The third kappa shape index (κ3) is 3.34. The van der Waals surface area contributed by atoms with Crippen LogP contribution in [0.15, 0.2) is 46.9 Å². The van der Waals surface area contributed by atoms with E-state index in [1.807, 2.05) is 6.07 Å². The number of halogens is 2. The van der Waals surface area contributed by atoms with Crippen molar-refractivity contribution in [1.29, 1.82) is 5.26 Å². The Labute approximate surface area is 123 Å². The molecule has 0 aliphatic heterocycles.